The number of carbonyl (C=O) groups is 2. The van der Waals surface area contributed by atoms with Crippen LogP contribution in [0, 0.1) is 0 Å². The number of hydrogen-bond donors (Lipinski definition) is 2. The maximum Gasteiger partial charge on any atom is 0.341 e. The van der Waals surface area contributed by atoms with Crippen LogP contribution in [-0.4, -0.2) is 64.4 Å². The molecule has 1 aliphatic heterocycles. The molecule has 1 fully saturated rings. The van der Waals surface area contributed by atoms with E-state index in [4.69, 9.17) is 19.7 Å². The predicted octanol–water partition coefficient (Wildman–Crippen LogP) is 1.50. The van der Waals surface area contributed by atoms with Crippen molar-refractivity contribution in [3.63, 3.8) is 0 Å². The van der Waals surface area contributed by atoms with Crippen molar-refractivity contribution < 1.29 is 29.3 Å². The Balaban J connectivity index is 1.85. The number of rotatable bonds is 7. The molecule has 0 spiro atoms. The quantitative estimate of drug-likeness (QED) is 0.753. The fraction of sp³-hybridized carbons (Fsp3) is 0.316. The SMILES string of the molecule is O=C(O)COc1ccc(-c2ccccn2)cc1CN1CCOC(C(=O)O)C1. The number of morpholine rings is 1. The van der Waals surface area contributed by atoms with Crippen LogP contribution in [0.4, 0.5) is 0 Å². The Bertz CT molecular complexity index is 811. The summed E-state index contributed by atoms with van der Waals surface area (Å²) in [7, 11) is 0. The number of nitrogens with zero attached hydrogens (tertiary/aromatic N) is 2. The Hall–Kier alpha value is -2.97. The third-order valence-electron chi connectivity index (χ3n) is 4.19. The molecule has 1 unspecified atom stereocenters. The fourth-order valence-electron chi connectivity index (χ4n) is 2.91. The standard InChI is InChI=1S/C19H20N2O6/c22-18(23)12-27-16-5-4-13(15-3-1-2-6-20-15)9-14(16)10-21-7-8-26-17(11-21)19(24)25/h1-6,9,17H,7-8,10-12H2,(H,22,23)(H,24,25). The maximum atomic E-state index is 11.2. The molecular formula is C19H20N2O6. The zero-order chi connectivity index (χ0) is 19.2. The second-order valence-electron chi connectivity index (χ2n) is 6.15. The van der Waals surface area contributed by atoms with E-state index in [1.165, 1.54) is 0 Å². The second-order valence-corrected chi connectivity index (χ2v) is 6.15. The van der Waals surface area contributed by atoms with E-state index < -0.39 is 24.6 Å². The Morgan fingerprint density at radius 2 is 2.11 bits per heavy atom. The number of aliphatic carboxylic acids is 2. The molecule has 1 aromatic carbocycles. The first-order valence-corrected chi connectivity index (χ1v) is 8.48. The van der Waals surface area contributed by atoms with Gasteiger partial charge in [-0.05, 0) is 30.3 Å². The molecule has 0 bridgehead atoms. The normalized spacial score (nSPS) is 17.4. The minimum Gasteiger partial charge on any atom is -0.482 e. The second kappa shape index (κ2) is 8.61. The summed E-state index contributed by atoms with van der Waals surface area (Å²) < 4.78 is 10.7. The highest BCUT2D eigenvalue weighted by Gasteiger charge is 2.26. The lowest BCUT2D eigenvalue weighted by atomic mass is 10.1. The molecule has 2 aromatic rings. The minimum absolute atomic E-state index is 0.252. The van der Waals surface area contributed by atoms with Gasteiger partial charge in [-0.25, -0.2) is 9.59 Å². The molecule has 1 aromatic heterocycles. The molecule has 27 heavy (non-hydrogen) atoms. The van der Waals surface area contributed by atoms with Gasteiger partial charge in [-0.2, -0.15) is 0 Å². The Labute approximate surface area is 156 Å². The van der Waals surface area contributed by atoms with Gasteiger partial charge in [-0.1, -0.05) is 6.07 Å². The van der Waals surface area contributed by atoms with E-state index in [1.54, 1.807) is 12.3 Å². The summed E-state index contributed by atoms with van der Waals surface area (Å²) in [5, 5.41) is 18.1. The summed E-state index contributed by atoms with van der Waals surface area (Å²) in [4.78, 5) is 28.3. The average molecular weight is 372 g/mol. The van der Waals surface area contributed by atoms with Crippen molar-refractivity contribution in [2.45, 2.75) is 12.6 Å². The van der Waals surface area contributed by atoms with Crippen molar-refractivity contribution >= 4 is 11.9 Å². The molecular weight excluding hydrogens is 352 g/mol. The van der Waals surface area contributed by atoms with Crippen LogP contribution in [0.3, 0.4) is 0 Å². The van der Waals surface area contributed by atoms with E-state index >= 15 is 0 Å². The number of aromatic nitrogens is 1. The number of ether oxygens (including phenoxy) is 2. The lowest BCUT2D eigenvalue weighted by Gasteiger charge is -2.31. The summed E-state index contributed by atoms with van der Waals surface area (Å²) in [5.74, 6) is -1.60. The van der Waals surface area contributed by atoms with Crippen LogP contribution in [0.1, 0.15) is 5.56 Å². The van der Waals surface area contributed by atoms with Crippen LogP contribution in [0.2, 0.25) is 0 Å². The molecule has 0 saturated carbocycles. The first-order chi connectivity index (χ1) is 13.0. The average Bonchev–Trinajstić information content (AvgIpc) is 2.67. The molecule has 3 rings (SSSR count). The predicted molar refractivity (Wildman–Crippen MR) is 95.5 cm³/mol. The molecule has 1 atom stereocenters. The summed E-state index contributed by atoms with van der Waals surface area (Å²) >= 11 is 0. The molecule has 0 radical (unpaired) electrons. The van der Waals surface area contributed by atoms with Gasteiger partial charge in [0.25, 0.3) is 0 Å². The zero-order valence-corrected chi connectivity index (χ0v) is 14.6. The molecule has 1 saturated heterocycles. The number of hydrogen-bond acceptors (Lipinski definition) is 6. The third kappa shape index (κ3) is 5.02. The van der Waals surface area contributed by atoms with Crippen molar-refractivity contribution in [3.05, 3.63) is 48.2 Å². The van der Waals surface area contributed by atoms with Crippen LogP contribution < -0.4 is 4.74 Å². The van der Waals surface area contributed by atoms with E-state index in [9.17, 15) is 9.59 Å². The smallest absolute Gasteiger partial charge is 0.341 e. The Morgan fingerprint density at radius 3 is 2.81 bits per heavy atom. The summed E-state index contributed by atoms with van der Waals surface area (Å²) in [6.45, 7) is 1.12. The largest absolute Gasteiger partial charge is 0.482 e. The summed E-state index contributed by atoms with van der Waals surface area (Å²) in [6.07, 6.45) is 0.824. The van der Waals surface area contributed by atoms with Crippen LogP contribution >= 0.6 is 0 Å². The molecule has 0 amide bonds. The van der Waals surface area contributed by atoms with Crippen LogP contribution in [-0.2, 0) is 20.9 Å². The first-order valence-electron chi connectivity index (χ1n) is 8.48. The lowest BCUT2D eigenvalue weighted by Crippen LogP contribution is -2.45. The van der Waals surface area contributed by atoms with Crippen molar-refractivity contribution in [2.75, 3.05) is 26.3 Å². The summed E-state index contributed by atoms with van der Waals surface area (Å²) in [5.41, 5.74) is 2.43. The van der Waals surface area contributed by atoms with Gasteiger partial charge in [0.05, 0.1) is 12.3 Å². The first kappa shape index (κ1) is 18.8. The van der Waals surface area contributed by atoms with Gasteiger partial charge in [-0.3, -0.25) is 9.88 Å². The van der Waals surface area contributed by atoms with Crippen molar-refractivity contribution in [1.29, 1.82) is 0 Å². The third-order valence-corrected chi connectivity index (χ3v) is 4.19. The zero-order valence-electron chi connectivity index (χ0n) is 14.6. The molecule has 2 heterocycles. The highest BCUT2D eigenvalue weighted by atomic mass is 16.5. The van der Waals surface area contributed by atoms with Gasteiger partial charge in [-0.15, -0.1) is 0 Å². The van der Waals surface area contributed by atoms with Gasteiger partial charge in [0, 0.05) is 37.0 Å². The molecule has 1 aliphatic rings. The molecule has 8 heteroatoms. The Kier molecular flexibility index (Phi) is 6.00. The maximum absolute atomic E-state index is 11.2. The van der Waals surface area contributed by atoms with Crippen molar-refractivity contribution in [2.24, 2.45) is 0 Å². The van der Waals surface area contributed by atoms with E-state index in [-0.39, 0.29) is 6.54 Å². The van der Waals surface area contributed by atoms with Crippen molar-refractivity contribution in [3.8, 4) is 17.0 Å². The monoisotopic (exact) mass is 372 g/mol. The molecule has 0 aliphatic carbocycles. The van der Waals surface area contributed by atoms with E-state index in [0.717, 1.165) is 16.8 Å². The van der Waals surface area contributed by atoms with Gasteiger partial charge in [0.2, 0.25) is 0 Å². The minimum atomic E-state index is -1.06. The molecule has 2 N–H and O–H groups in total. The van der Waals surface area contributed by atoms with Gasteiger partial charge in [0.1, 0.15) is 5.75 Å². The number of benzene rings is 1. The highest BCUT2D eigenvalue weighted by molar-refractivity contribution is 5.72. The van der Waals surface area contributed by atoms with E-state index in [1.807, 2.05) is 35.2 Å². The van der Waals surface area contributed by atoms with Gasteiger partial charge >= 0.3 is 11.9 Å². The highest BCUT2D eigenvalue weighted by Crippen LogP contribution is 2.27. The lowest BCUT2D eigenvalue weighted by molar-refractivity contribution is -0.156. The summed E-state index contributed by atoms with van der Waals surface area (Å²) in [6, 6.07) is 11.0. The number of carboxylic acids is 2. The molecule has 8 nitrogen and oxygen atoms in total. The van der Waals surface area contributed by atoms with Crippen LogP contribution in [0.15, 0.2) is 42.6 Å². The van der Waals surface area contributed by atoms with E-state index in [2.05, 4.69) is 4.98 Å². The van der Waals surface area contributed by atoms with Crippen LogP contribution in [0.5, 0.6) is 5.75 Å². The number of carboxylic acid groups (broad SMARTS) is 2. The number of pyridine rings is 1. The van der Waals surface area contributed by atoms with Gasteiger partial charge in [0.15, 0.2) is 12.7 Å². The molecule has 142 valence electrons. The topological polar surface area (TPSA) is 109 Å². The van der Waals surface area contributed by atoms with Gasteiger partial charge < -0.3 is 19.7 Å². The fourth-order valence-corrected chi connectivity index (χ4v) is 2.91. The van der Waals surface area contributed by atoms with Crippen LogP contribution in [0.25, 0.3) is 11.3 Å². The van der Waals surface area contributed by atoms with Crippen molar-refractivity contribution in [1.82, 2.24) is 9.88 Å². The Morgan fingerprint density at radius 1 is 1.26 bits per heavy atom. The van der Waals surface area contributed by atoms with E-state index in [0.29, 0.717) is 25.4 Å².